The van der Waals surface area contributed by atoms with E-state index in [4.69, 9.17) is 23.8 Å². The van der Waals surface area contributed by atoms with Gasteiger partial charge in [0.25, 0.3) is 5.88 Å². The molecule has 8 nitrogen and oxygen atoms in total. The number of aliphatic carboxylic acids is 1. The first-order valence-electron chi connectivity index (χ1n) is 7.42. The molecule has 0 amide bonds. The fourth-order valence-corrected chi connectivity index (χ4v) is 1.96. The molecule has 0 aliphatic rings. The average molecular weight is 329 g/mol. The van der Waals surface area contributed by atoms with Gasteiger partial charge in [-0.1, -0.05) is 13.8 Å². The largest absolute Gasteiger partial charge is 0.481 e. The van der Waals surface area contributed by atoms with E-state index < -0.39 is 11.9 Å². The molecule has 0 bridgehead atoms. The third-order valence-electron chi connectivity index (χ3n) is 3.09. The van der Waals surface area contributed by atoms with Gasteiger partial charge in [-0.3, -0.25) is 9.59 Å². The second-order valence-electron chi connectivity index (χ2n) is 5.27. The van der Waals surface area contributed by atoms with Crippen molar-refractivity contribution in [1.82, 2.24) is 5.16 Å². The maximum absolute atomic E-state index is 11.8. The number of carbonyl (C=O) groups excluding carboxylic acids is 1. The number of esters is 1. The Balaban J connectivity index is 2.36. The Morgan fingerprint density at radius 2 is 2.04 bits per heavy atom. The van der Waals surface area contributed by atoms with Crippen LogP contribution in [0.3, 0.4) is 0 Å². The summed E-state index contributed by atoms with van der Waals surface area (Å²) < 4.78 is 20.5. The molecule has 23 heavy (non-hydrogen) atoms. The molecule has 0 aliphatic carbocycles. The van der Waals surface area contributed by atoms with Crippen LogP contribution in [0.4, 0.5) is 0 Å². The Hall–Kier alpha value is -2.09. The maximum atomic E-state index is 11.8. The Bertz CT molecular complexity index is 498. The highest BCUT2D eigenvalue weighted by Gasteiger charge is 2.29. The molecule has 0 saturated carbocycles. The number of methoxy groups -OCH3 is 1. The van der Waals surface area contributed by atoms with Crippen molar-refractivity contribution < 1.29 is 33.4 Å². The van der Waals surface area contributed by atoms with E-state index in [-0.39, 0.29) is 30.8 Å². The summed E-state index contributed by atoms with van der Waals surface area (Å²) in [4.78, 5) is 22.1. The molecule has 0 aliphatic heterocycles. The molecule has 1 unspecified atom stereocenters. The van der Waals surface area contributed by atoms with E-state index in [1.54, 1.807) is 6.07 Å². The summed E-state index contributed by atoms with van der Waals surface area (Å²) in [5.74, 6) is -1.10. The molecular weight excluding hydrogens is 306 g/mol. The van der Waals surface area contributed by atoms with Crippen molar-refractivity contribution in [1.29, 1.82) is 0 Å². The van der Waals surface area contributed by atoms with E-state index in [0.717, 1.165) is 0 Å². The van der Waals surface area contributed by atoms with Crippen molar-refractivity contribution in [3.63, 3.8) is 0 Å². The van der Waals surface area contributed by atoms with Gasteiger partial charge in [0.1, 0.15) is 12.5 Å². The SMILES string of the molecule is COC(=O)C(c1cc(OCCOCCCC(=O)O)no1)C(C)C. The number of carboxylic acid groups (broad SMARTS) is 1. The number of carboxylic acids is 1. The molecule has 1 aromatic heterocycles. The number of hydrogen-bond donors (Lipinski definition) is 1. The van der Waals surface area contributed by atoms with Gasteiger partial charge in [-0.15, -0.1) is 0 Å². The van der Waals surface area contributed by atoms with Crippen LogP contribution < -0.4 is 4.74 Å². The van der Waals surface area contributed by atoms with E-state index >= 15 is 0 Å². The highest BCUT2D eigenvalue weighted by Crippen LogP contribution is 2.28. The van der Waals surface area contributed by atoms with Crippen LogP contribution in [0.15, 0.2) is 10.6 Å². The van der Waals surface area contributed by atoms with Crippen LogP contribution in [0.25, 0.3) is 0 Å². The van der Waals surface area contributed by atoms with Gasteiger partial charge < -0.3 is 23.8 Å². The zero-order valence-electron chi connectivity index (χ0n) is 13.6. The molecule has 0 spiro atoms. The van der Waals surface area contributed by atoms with Gasteiger partial charge in [0.2, 0.25) is 0 Å². The molecule has 1 atom stereocenters. The number of carbonyl (C=O) groups is 2. The zero-order valence-corrected chi connectivity index (χ0v) is 13.6. The minimum absolute atomic E-state index is 0.000758. The molecule has 0 aromatic carbocycles. The second-order valence-corrected chi connectivity index (χ2v) is 5.27. The van der Waals surface area contributed by atoms with Crippen LogP contribution in [0.2, 0.25) is 0 Å². The monoisotopic (exact) mass is 329 g/mol. The first-order chi connectivity index (χ1) is 11.0. The lowest BCUT2D eigenvalue weighted by molar-refractivity contribution is -0.144. The number of rotatable bonds is 11. The zero-order chi connectivity index (χ0) is 17.2. The predicted molar refractivity (Wildman–Crippen MR) is 79.3 cm³/mol. The highest BCUT2D eigenvalue weighted by molar-refractivity contribution is 5.77. The number of hydrogen-bond acceptors (Lipinski definition) is 7. The first kappa shape index (κ1) is 19.0. The topological polar surface area (TPSA) is 108 Å². The number of ether oxygens (including phenoxy) is 3. The average Bonchev–Trinajstić information content (AvgIpc) is 2.93. The maximum Gasteiger partial charge on any atom is 0.316 e. The summed E-state index contributed by atoms with van der Waals surface area (Å²) in [6.07, 6.45) is 0.538. The number of nitrogens with zero attached hydrogens (tertiary/aromatic N) is 1. The molecule has 0 fully saturated rings. The van der Waals surface area contributed by atoms with Crippen molar-refractivity contribution in [3.05, 3.63) is 11.8 Å². The van der Waals surface area contributed by atoms with E-state index in [0.29, 0.717) is 25.4 Å². The van der Waals surface area contributed by atoms with Crippen molar-refractivity contribution in [2.45, 2.75) is 32.6 Å². The quantitative estimate of drug-likeness (QED) is 0.484. The summed E-state index contributed by atoms with van der Waals surface area (Å²) in [7, 11) is 1.33. The summed E-state index contributed by atoms with van der Waals surface area (Å²) in [6.45, 7) is 4.69. The van der Waals surface area contributed by atoms with Crippen LogP contribution in [0.1, 0.15) is 38.4 Å². The van der Waals surface area contributed by atoms with Gasteiger partial charge in [0.05, 0.1) is 13.7 Å². The standard InChI is InChI=1S/C15H23NO7/c1-10(2)14(15(19)20-3)11-9-12(16-23-11)22-8-7-21-6-4-5-13(17)18/h9-10,14H,4-8H2,1-3H3,(H,17,18). The van der Waals surface area contributed by atoms with Gasteiger partial charge in [0, 0.05) is 19.1 Å². The third-order valence-corrected chi connectivity index (χ3v) is 3.09. The van der Waals surface area contributed by atoms with E-state index in [2.05, 4.69) is 5.16 Å². The lowest BCUT2D eigenvalue weighted by Gasteiger charge is -2.14. The molecule has 1 N–H and O–H groups in total. The van der Waals surface area contributed by atoms with Crippen molar-refractivity contribution in [2.75, 3.05) is 26.9 Å². The molecule has 130 valence electrons. The number of aromatic nitrogens is 1. The van der Waals surface area contributed by atoms with Crippen LogP contribution in [-0.2, 0) is 19.1 Å². The van der Waals surface area contributed by atoms with Gasteiger partial charge in [-0.2, -0.15) is 0 Å². The van der Waals surface area contributed by atoms with Gasteiger partial charge in [-0.05, 0) is 17.5 Å². The summed E-state index contributed by atoms with van der Waals surface area (Å²) >= 11 is 0. The smallest absolute Gasteiger partial charge is 0.316 e. The van der Waals surface area contributed by atoms with Crippen molar-refractivity contribution in [2.24, 2.45) is 5.92 Å². The lowest BCUT2D eigenvalue weighted by atomic mass is 9.93. The summed E-state index contributed by atoms with van der Waals surface area (Å²) in [5.41, 5.74) is 0. The predicted octanol–water partition coefficient (Wildman–Crippen LogP) is 1.85. The molecule has 1 rings (SSSR count). The fraction of sp³-hybridized carbons (Fsp3) is 0.667. The normalized spacial score (nSPS) is 12.2. The van der Waals surface area contributed by atoms with Crippen LogP contribution in [0, 0.1) is 5.92 Å². The van der Waals surface area contributed by atoms with Crippen molar-refractivity contribution in [3.8, 4) is 5.88 Å². The Morgan fingerprint density at radius 3 is 2.65 bits per heavy atom. The van der Waals surface area contributed by atoms with Crippen LogP contribution in [0.5, 0.6) is 5.88 Å². The summed E-state index contributed by atoms with van der Waals surface area (Å²) in [6, 6.07) is 1.56. The fourth-order valence-electron chi connectivity index (χ4n) is 1.96. The van der Waals surface area contributed by atoms with Crippen LogP contribution >= 0.6 is 0 Å². The Labute approximate surface area is 134 Å². The van der Waals surface area contributed by atoms with Gasteiger partial charge >= 0.3 is 11.9 Å². The molecule has 0 saturated heterocycles. The molecular formula is C15H23NO7. The minimum atomic E-state index is -0.842. The summed E-state index contributed by atoms with van der Waals surface area (Å²) in [5, 5.41) is 12.2. The Kier molecular flexibility index (Phi) is 8.10. The Morgan fingerprint density at radius 1 is 1.30 bits per heavy atom. The minimum Gasteiger partial charge on any atom is -0.481 e. The van der Waals surface area contributed by atoms with E-state index in [1.165, 1.54) is 7.11 Å². The van der Waals surface area contributed by atoms with Crippen LogP contribution in [-0.4, -0.2) is 49.1 Å². The first-order valence-corrected chi connectivity index (χ1v) is 7.42. The molecule has 8 heteroatoms. The molecule has 1 heterocycles. The van der Waals surface area contributed by atoms with Gasteiger partial charge in [0.15, 0.2) is 5.76 Å². The second kappa shape index (κ2) is 9.83. The van der Waals surface area contributed by atoms with E-state index in [9.17, 15) is 9.59 Å². The third kappa shape index (κ3) is 6.68. The molecule has 1 aromatic rings. The molecule has 0 radical (unpaired) electrons. The lowest BCUT2D eigenvalue weighted by Crippen LogP contribution is -2.19. The highest BCUT2D eigenvalue weighted by atomic mass is 16.6. The van der Waals surface area contributed by atoms with Gasteiger partial charge in [-0.25, -0.2) is 0 Å². The van der Waals surface area contributed by atoms with Crippen molar-refractivity contribution >= 4 is 11.9 Å². The van der Waals surface area contributed by atoms with E-state index in [1.807, 2.05) is 13.8 Å².